The summed E-state index contributed by atoms with van der Waals surface area (Å²) in [4.78, 5) is 11.8. The molecule has 0 saturated heterocycles. The maximum atomic E-state index is 11.8. The Bertz CT molecular complexity index is 299. The molecule has 5 nitrogen and oxygen atoms in total. The Morgan fingerprint density at radius 3 is 2.29 bits per heavy atom. The van der Waals surface area contributed by atoms with E-state index in [0.29, 0.717) is 19.6 Å². The number of ether oxygens (including phenoxy) is 2. The molecule has 0 aromatic rings. The van der Waals surface area contributed by atoms with Crippen LogP contribution in [0.5, 0.6) is 0 Å². The van der Waals surface area contributed by atoms with Gasteiger partial charge in [0.1, 0.15) is 5.60 Å². The molecule has 2 N–H and O–H groups in total. The third kappa shape index (κ3) is 8.27. The van der Waals surface area contributed by atoms with Crippen molar-refractivity contribution in [3.63, 3.8) is 0 Å². The van der Waals surface area contributed by atoms with Crippen molar-refractivity contribution in [2.45, 2.75) is 60.0 Å². The SMILES string of the molecule is CCCOCCC(CO)(CNC(=O)OC(C)(C)C)C(C)C. The molecule has 0 fully saturated rings. The summed E-state index contributed by atoms with van der Waals surface area (Å²) in [5.41, 5.74) is -0.904. The Labute approximate surface area is 129 Å². The van der Waals surface area contributed by atoms with E-state index in [-0.39, 0.29) is 17.9 Å². The van der Waals surface area contributed by atoms with E-state index < -0.39 is 11.7 Å². The van der Waals surface area contributed by atoms with Gasteiger partial charge in [-0.25, -0.2) is 4.79 Å². The van der Waals surface area contributed by atoms with Gasteiger partial charge >= 0.3 is 6.09 Å². The lowest BCUT2D eigenvalue weighted by molar-refractivity contribution is 0.0177. The minimum Gasteiger partial charge on any atom is -0.444 e. The average molecular weight is 303 g/mol. The van der Waals surface area contributed by atoms with Gasteiger partial charge in [0.2, 0.25) is 0 Å². The van der Waals surface area contributed by atoms with E-state index in [0.717, 1.165) is 13.0 Å². The van der Waals surface area contributed by atoms with Gasteiger partial charge in [-0.3, -0.25) is 0 Å². The van der Waals surface area contributed by atoms with Gasteiger partial charge in [0, 0.05) is 25.2 Å². The molecule has 0 saturated carbocycles. The van der Waals surface area contributed by atoms with Crippen LogP contribution in [0.3, 0.4) is 0 Å². The number of amides is 1. The highest BCUT2D eigenvalue weighted by Gasteiger charge is 2.34. The van der Waals surface area contributed by atoms with E-state index >= 15 is 0 Å². The summed E-state index contributed by atoms with van der Waals surface area (Å²) < 4.78 is 10.8. The van der Waals surface area contributed by atoms with Gasteiger partial charge in [0.15, 0.2) is 0 Å². The third-order valence-electron chi connectivity index (χ3n) is 3.62. The highest BCUT2D eigenvalue weighted by atomic mass is 16.6. The van der Waals surface area contributed by atoms with Crippen LogP contribution in [0.4, 0.5) is 4.79 Å². The predicted octanol–water partition coefficient (Wildman–Crippen LogP) is 2.96. The predicted molar refractivity (Wildman–Crippen MR) is 84.3 cm³/mol. The lowest BCUT2D eigenvalue weighted by Crippen LogP contribution is -2.45. The summed E-state index contributed by atoms with van der Waals surface area (Å²) in [5.74, 6) is 0.225. The second kappa shape index (κ2) is 9.26. The van der Waals surface area contributed by atoms with Crippen molar-refractivity contribution in [3.8, 4) is 0 Å². The van der Waals surface area contributed by atoms with Crippen LogP contribution >= 0.6 is 0 Å². The van der Waals surface area contributed by atoms with E-state index in [9.17, 15) is 9.90 Å². The summed E-state index contributed by atoms with van der Waals surface area (Å²) in [5, 5.41) is 12.6. The van der Waals surface area contributed by atoms with E-state index in [4.69, 9.17) is 9.47 Å². The van der Waals surface area contributed by atoms with Gasteiger partial charge in [0.05, 0.1) is 6.61 Å². The fourth-order valence-corrected chi connectivity index (χ4v) is 1.98. The minimum absolute atomic E-state index is 0.00987. The van der Waals surface area contributed by atoms with Crippen LogP contribution in [0.25, 0.3) is 0 Å². The van der Waals surface area contributed by atoms with Gasteiger partial charge < -0.3 is 19.9 Å². The molecule has 126 valence electrons. The molecule has 1 unspecified atom stereocenters. The molecule has 0 aromatic heterocycles. The summed E-state index contributed by atoms with van der Waals surface area (Å²) in [6.45, 7) is 13.3. The van der Waals surface area contributed by atoms with Crippen LogP contribution < -0.4 is 5.32 Å². The maximum Gasteiger partial charge on any atom is 0.407 e. The molecule has 0 aromatic carbocycles. The van der Waals surface area contributed by atoms with Crippen LogP contribution in [0.15, 0.2) is 0 Å². The smallest absolute Gasteiger partial charge is 0.407 e. The van der Waals surface area contributed by atoms with Gasteiger partial charge in [-0.05, 0) is 39.5 Å². The lowest BCUT2D eigenvalue weighted by atomic mass is 9.75. The molecule has 0 rings (SSSR count). The fourth-order valence-electron chi connectivity index (χ4n) is 1.98. The molecule has 5 heteroatoms. The third-order valence-corrected chi connectivity index (χ3v) is 3.62. The van der Waals surface area contributed by atoms with Crippen molar-refractivity contribution in [2.24, 2.45) is 11.3 Å². The minimum atomic E-state index is -0.520. The van der Waals surface area contributed by atoms with Gasteiger partial charge in [0.25, 0.3) is 0 Å². The normalized spacial score (nSPS) is 14.9. The molecule has 1 atom stereocenters. The zero-order valence-electron chi connectivity index (χ0n) is 14.5. The summed E-state index contributed by atoms with van der Waals surface area (Å²) >= 11 is 0. The number of alkyl carbamates (subject to hydrolysis) is 1. The second-order valence-corrected chi connectivity index (χ2v) is 6.89. The Kier molecular flexibility index (Phi) is 8.90. The monoisotopic (exact) mass is 303 g/mol. The van der Waals surface area contributed by atoms with Crippen molar-refractivity contribution in [3.05, 3.63) is 0 Å². The van der Waals surface area contributed by atoms with Crippen LogP contribution in [-0.4, -0.2) is 43.2 Å². The van der Waals surface area contributed by atoms with Crippen molar-refractivity contribution in [1.82, 2.24) is 5.32 Å². The molecule has 0 spiro atoms. The van der Waals surface area contributed by atoms with Crippen molar-refractivity contribution < 1.29 is 19.4 Å². The second-order valence-electron chi connectivity index (χ2n) is 6.89. The van der Waals surface area contributed by atoms with Crippen LogP contribution in [0.2, 0.25) is 0 Å². The highest BCUT2D eigenvalue weighted by Crippen LogP contribution is 2.30. The van der Waals surface area contributed by atoms with Crippen molar-refractivity contribution >= 4 is 6.09 Å². The fraction of sp³-hybridized carbons (Fsp3) is 0.938. The van der Waals surface area contributed by atoms with Crippen LogP contribution in [0.1, 0.15) is 54.4 Å². The molecular formula is C16H33NO4. The Morgan fingerprint density at radius 2 is 1.86 bits per heavy atom. The quantitative estimate of drug-likeness (QED) is 0.643. The Morgan fingerprint density at radius 1 is 1.24 bits per heavy atom. The summed E-state index contributed by atoms with van der Waals surface area (Å²) in [7, 11) is 0. The topological polar surface area (TPSA) is 67.8 Å². The number of carbonyl (C=O) groups is 1. The van der Waals surface area contributed by atoms with E-state index in [1.807, 2.05) is 34.6 Å². The number of hydrogen-bond donors (Lipinski definition) is 2. The van der Waals surface area contributed by atoms with E-state index in [1.54, 1.807) is 0 Å². The first-order valence-corrected chi connectivity index (χ1v) is 7.82. The van der Waals surface area contributed by atoms with E-state index in [1.165, 1.54) is 0 Å². The van der Waals surface area contributed by atoms with E-state index in [2.05, 4.69) is 12.2 Å². The molecule has 1 amide bonds. The number of carbonyl (C=O) groups excluding carboxylic acids is 1. The number of rotatable bonds is 9. The molecule has 0 aliphatic heterocycles. The largest absolute Gasteiger partial charge is 0.444 e. The first-order chi connectivity index (χ1) is 9.67. The molecule has 21 heavy (non-hydrogen) atoms. The molecule has 0 heterocycles. The average Bonchev–Trinajstić information content (AvgIpc) is 2.36. The molecule has 0 aliphatic rings. The molecular weight excluding hydrogens is 270 g/mol. The highest BCUT2D eigenvalue weighted by molar-refractivity contribution is 5.67. The molecule has 0 radical (unpaired) electrons. The molecule has 0 aliphatic carbocycles. The van der Waals surface area contributed by atoms with Crippen LogP contribution in [0, 0.1) is 11.3 Å². The lowest BCUT2D eigenvalue weighted by Gasteiger charge is -2.36. The maximum absolute atomic E-state index is 11.8. The summed E-state index contributed by atoms with van der Waals surface area (Å²) in [6, 6.07) is 0. The van der Waals surface area contributed by atoms with Crippen molar-refractivity contribution in [2.75, 3.05) is 26.4 Å². The number of nitrogens with one attached hydrogen (secondary N) is 1. The Balaban J connectivity index is 4.51. The number of hydrogen-bond acceptors (Lipinski definition) is 4. The van der Waals surface area contributed by atoms with Crippen LogP contribution in [-0.2, 0) is 9.47 Å². The standard InChI is InChI=1S/C16H33NO4/c1-7-9-20-10-8-16(12-18,13(2)3)11-17-14(19)21-15(4,5)6/h13,18H,7-12H2,1-6H3,(H,17,19). The first kappa shape index (κ1) is 20.2. The first-order valence-electron chi connectivity index (χ1n) is 7.82. The Hall–Kier alpha value is -0.810. The number of aliphatic hydroxyl groups is 1. The number of aliphatic hydroxyl groups excluding tert-OH is 1. The van der Waals surface area contributed by atoms with Gasteiger partial charge in [-0.2, -0.15) is 0 Å². The van der Waals surface area contributed by atoms with Gasteiger partial charge in [-0.1, -0.05) is 20.8 Å². The zero-order valence-corrected chi connectivity index (χ0v) is 14.5. The zero-order chi connectivity index (χ0) is 16.5. The summed E-state index contributed by atoms with van der Waals surface area (Å²) in [6.07, 6.45) is 1.23. The molecule has 0 bridgehead atoms. The van der Waals surface area contributed by atoms with Gasteiger partial charge in [-0.15, -0.1) is 0 Å². The van der Waals surface area contributed by atoms with Crippen molar-refractivity contribution in [1.29, 1.82) is 0 Å².